The summed E-state index contributed by atoms with van der Waals surface area (Å²) in [6.07, 6.45) is 0. The van der Waals surface area contributed by atoms with Crippen LogP contribution >= 0.6 is 0 Å². The lowest BCUT2D eigenvalue weighted by Crippen LogP contribution is -2.03. The van der Waals surface area contributed by atoms with Gasteiger partial charge in [0.15, 0.2) is 0 Å². The smallest absolute Gasteiger partial charge is 0.0480 e. The molecule has 0 aliphatic rings. The first-order valence-corrected chi connectivity index (χ1v) is 19.7. The van der Waals surface area contributed by atoms with Crippen molar-refractivity contribution in [1.29, 1.82) is 0 Å². The number of rotatable bonds is 8. The van der Waals surface area contributed by atoms with Crippen LogP contribution in [0.15, 0.2) is 121 Å². The largest absolute Gasteiger partial charge is 0.398 e. The average molecular weight is 705 g/mol. The van der Waals surface area contributed by atoms with E-state index in [1.807, 2.05) is 0 Å². The zero-order chi connectivity index (χ0) is 38.0. The molecule has 8 aromatic carbocycles. The average Bonchev–Trinajstić information content (AvgIpc) is 3.17. The minimum absolute atomic E-state index is 0.422. The minimum atomic E-state index is 0.422. The quantitative estimate of drug-likeness (QED) is 0.122. The summed E-state index contributed by atoms with van der Waals surface area (Å²) < 4.78 is 0. The van der Waals surface area contributed by atoms with Gasteiger partial charge >= 0.3 is 0 Å². The van der Waals surface area contributed by atoms with Crippen molar-refractivity contribution in [3.63, 3.8) is 0 Å². The lowest BCUT2D eigenvalue weighted by molar-refractivity contribution is 0.867. The van der Waals surface area contributed by atoms with E-state index in [-0.39, 0.29) is 0 Å². The van der Waals surface area contributed by atoms with Crippen molar-refractivity contribution in [1.82, 2.24) is 0 Å². The molecule has 54 heavy (non-hydrogen) atoms. The molecular weight excluding hydrogens is 653 g/mol. The Bertz CT molecular complexity index is 2620. The molecule has 0 spiro atoms. The highest BCUT2D eigenvalue weighted by molar-refractivity contribution is 6.38. The van der Waals surface area contributed by atoms with E-state index in [2.05, 4.69) is 177 Å². The summed E-state index contributed by atoms with van der Waals surface area (Å²) in [6, 6.07) is 45.4. The summed E-state index contributed by atoms with van der Waals surface area (Å²) in [6.45, 7) is 18.0. The molecule has 0 aromatic heterocycles. The lowest BCUT2D eigenvalue weighted by atomic mass is 9.76. The fourth-order valence-corrected chi connectivity index (χ4v) is 8.51. The van der Waals surface area contributed by atoms with Crippen LogP contribution in [0.2, 0.25) is 0 Å². The second kappa shape index (κ2) is 13.7. The maximum atomic E-state index is 7.52. The topological polar surface area (TPSA) is 52.0 Å². The van der Waals surface area contributed by atoms with Gasteiger partial charge in [0.05, 0.1) is 0 Å². The van der Waals surface area contributed by atoms with Crippen molar-refractivity contribution < 1.29 is 0 Å². The predicted molar refractivity (Wildman–Crippen MR) is 237 cm³/mol. The van der Waals surface area contributed by atoms with Gasteiger partial charge in [0.1, 0.15) is 0 Å². The summed E-state index contributed by atoms with van der Waals surface area (Å²) in [5.74, 6) is 1.71. The van der Waals surface area contributed by atoms with E-state index < -0.39 is 0 Å². The summed E-state index contributed by atoms with van der Waals surface area (Å²) in [7, 11) is 0. The predicted octanol–water partition coefficient (Wildman–Crippen LogP) is 14.9. The van der Waals surface area contributed by atoms with Gasteiger partial charge in [-0.3, -0.25) is 0 Å². The Morgan fingerprint density at radius 3 is 1.04 bits per heavy atom. The molecule has 0 amide bonds. The van der Waals surface area contributed by atoms with Crippen LogP contribution in [-0.2, 0) is 0 Å². The van der Waals surface area contributed by atoms with Crippen molar-refractivity contribution in [2.75, 3.05) is 11.5 Å². The van der Waals surface area contributed by atoms with Gasteiger partial charge in [-0.25, -0.2) is 0 Å². The van der Waals surface area contributed by atoms with Gasteiger partial charge in [0.2, 0.25) is 0 Å². The van der Waals surface area contributed by atoms with E-state index in [0.717, 1.165) is 60.9 Å². The molecule has 0 heterocycles. The second-order valence-corrected chi connectivity index (χ2v) is 16.5. The van der Waals surface area contributed by atoms with Crippen LogP contribution in [0.3, 0.4) is 0 Å². The molecule has 270 valence electrons. The molecule has 0 unspecified atom stereocenters. The zero-order valence-corrected chi connectivity index (χ0v) is 33.0. The van der Waals surface area contributed by atoms with E-state index >= 15 is 0 Å². The minimum Gasteiger partial charge on any atom is -0.398 e. The second-order valence-electron chi connectivity index (χ2n) is 16.5. The van der Waals surface area contributed by atoms with Gasteiger partial charge < -0.3 is 11.5 Å². The SMILES string of the molecule is CC(C)c1ccc(-c2c(N)c3ccc4ccc(N)c5c(-c6ccc(C(C)C)cc6)c(-c6ccc(C(C)C)cc6)c(c2-c2ccc(C(C)C)cc2)c3c45)cc1. The maximum Gasteiger partial charge on any atom is 0.0480 e. The van der Waals surface area contributed by atoms with Gasteiger partial charge in [-0.05, 0) is 90.6 Å². The van der Waals surface area contributed by atoms with Gasteiger partial charge in [0, 0.05) is 49.6 Å². The van der Waals surface area contributed by atoms with Crippen LogP contribution in [-0.4, -0.2) is 0 Å². The lowest BCUT2D eigenvalue weighted by Gasteiger charge is -2.27. The third-order valence-corrected chi connectivity index (χ3v) is 11.7. The molecule has 4 N–H and O–H groups in total. The third kappa shape index (κ3) is 5.80. The molecule has 0 saturated heterocycles. The summed E-state index contributed by atoms with van der Waals surface area (Å²) >= 11 is 0. The van der Waals surface area contributed by atoms with E-state index in [1.54, 1.807) is 0 Å². The van der Waals surface area contributed by atoms with E-state index in [0.29, 0.717) is 23.7 Å². The standard InChI is InChI=1S/C52H52N2/c1-29(2)33-9-17-37(18-10-33)44-45(38-19-11-34(12-20-38)30(3)4)51-46(39-21-13-35(14-22-39)31(5)6)48(41-23-15-36(16-24-41)32(7)8)52(54)42-27-25-40-26-28-43(53)50(44)47(40)49(42)51/h9-32H,53-54H2,1-8H3. The Balaban J connectivity index is 1.65. The molecule has 0 aliphatic heterocycles. The van der Waals surface area contributed by atoms with E-state index in [1.165, 1.54) is 49.5 Å². The van der Waals surface area contributed by atoms with Crippen LogP contribution in [0.5, 0.6) is 0 Å². The molecule has 8 rings (SSSR count). The maximum absolute atomic E-state index is 7.52. The molecule has 0 radical (unpaired) electrons. The first kappa shape index (κ1) is 35.4. The third-order valence-electron chi connectivity index (χ3n) is 11.7. The first-order valence-electron chi connectivity index (χ1n) is 19.7. The van der Waals surface area contributed by atoms with Crippen molar-refractivity contribution >= 4 is 43.7 Å². The number of benzene rings is 8. The van der Waals surface area contributed by atoms with Crippen molar-refractivity contribution in [2.24, 2.45) is 0 Å². The summed E-state index contributed by atoms with van der Waals surface area (Å²) in [5.41, 5.74) is 30.7. The fraction of sp³-hybridized carbons (Fsp3) is 0.231. The molecule has 0 fully saturated rings. The van der Waals surface area contributed by atoms with Crippen molar-refractivity contribution in [3.05, 3.63) is 144 Å². The Morgan fingerprint density at radius 2 is 0.648 bits per heavy atom. The molecular formula is C52H52N2. The normalized spacial score (nSPS) is 12.1. The number of nitrogens with two attached hydrogens (primary N) is 2. The summed E-state index contributed by atoms with van der Waals surface area (Å²) in [5, 5.41) is 6.85. The van der Waals surface area contributed by atoms with Crippen LogP contribution in [0.25, 0.3) is 76.8 Å². The molecule has 0 atom stereocenters. The first-order chi connectivity index (χ1) is 25.9. The number of anilines is 2. The highest BCUT2D eigenvalue weighted by atomic mass is 14.6. The van der Waals surface area contributed by atoms with Crippen molar-refractivity contribution in [2.45, 2.75) is 79.1 Å². The van der Waals surface area contributed by atoms with Gasteiger partial charge in [-0.1, -0.05) is 171 Å². The van der Waals surface area contributed by atoms with Crippen molar-refractivity contribution in [3.8, 4) is 44.5 Å². The number of hydrogen-bond acceptors (Lipinski definition) is 2. The molecule has 0 bridgehead atoms. The van der Waals surface area contributed by atoms with Gasteiger partial charge in [0.25, 0.3) is 0 Å². The highest BCUT2D eigenvalue weighted by Crippen LogP contribution is 2.56. The highest BCUT2D eigenvalue weighted by Gasteiger charge is 2.28. The van der Waals surface area contributed by atoms with Gasteiger partial charge in [-0.15, -0.1) is 0 Å². The van der Waals surface area contributed by atoms with E-state index in [4.69, 9.17) is 11.5 Å². The Kier molecular flexibility index (Phi) is 8.97. The molecule has 2 nitrogen and oxygen atoms in total. The van der Waals surface area contributed by atoms with Crippen LogP contribution < -0.4 is 11.5 Å². The monoisotopic (exact) mass is 704 g/mol. The number of nitrogen functional groups attached to an aromatic ring is 2. The molecule has 0 saturated carbocycles. The van der Waals surface area contributed by atoms with Crippen LogP contribution in [0.4, 0.5) is 11.4 Å². The molecule has 0 aliphatic carbocycles. The Morgan fingerprint density at radius 1 is 0.315 bits per heavy atom. The van der Waals surface area contributed by atoms with Gasteiger partial charge in [-0.2, -0.15) is 0 Å². The van der Waals surface area contributed by atoms with Crippen LogP contribution in [0.1, 0.15) is 101 Å². The molecule has 8 aromatic rings. The van der Waals surface area contributed by atoms with E-state index in [9.17, 15) is 0 Å². The number of hydrogen-bond donors (Lipinski definition) is 2. The Hall–Kier alpha value is -5.60. The summed E-state index contributed by atoms with van der Waals surface area (Å²) in [4.78, 5) is 0. The molecule has 2 heteroatoms. The Labute approximate surface area is 321 Å². The zero-order valence-electron chi connectivity index (χ0n) is 33.0. The fourth-order valence-electron chi connectivity index (χ4n) is 8.51. The van der Waals surface area contributed by atoms with Crippen LogP contribution in [0, 0.1) is 0 Å².